The third-order valence-corrected chi connectivity index (χ3v) is 4.64. The number of benzene rings is 1. The van der Waals surface area contributed by atoms with Crippen molar-refractivity contribution in [3.63, 3.8) is 0 Å². The van der Waals surface area contributed by atoms with E-state index in [1.165, 1.54) is 44.1 Å². The highest BCUT2D eigenvalue weighted by Crippen LogP contribution is 2.56. The molecule has 3 rings (SSSR count). The van der Waals surface area contributed by atoms with Gasteiger partial charge in [0.25, 0.3) is 0 Å². The van der Waals surface area contributed by atoms with Crippen molar-refractivity contribution in [2.45, 2.75) is 51.1 Å². The van der Waals surface area contributed by atoms with E-state index in [2.05, 4.69) is 22.4 Å². The number of hydrogen-bond acceptors (Lipinski definition) is 1. The van der Waals surface area contributed by atoms with Crippen LogP contribution in [0.25, 0.3) is 0 Å². The maximum absolute atomic E-state index is 5.99. The van der Waals surface area contributed by atoms with E-state index in [0.717, 1.165) is 0 Å². The molecule has 1 atom stereocenters. The highest BCUT2D eigenvalue weighted by atomic mass is 15.1. The molecule has 0 radical (unpaired) electrons. The zero-order chi connectivity index (χ0) is 13.1. The van der Waals surface area contributed by atoms with Gasteiger partial charge in [0.05, 0.1) is 6.54 Å². The molecule has 2 saturated carbocycles. The smallest absolute Gasteiger partial charge is 0.189 e. The second kappa shape index (κ2) is 5.24. The Balaban J connectivity index is 1.50. The fourth-order valence-corrected chi connectivity index (χ4v) is 3.34. The molecule has 1 aromatic rings. The SMILES string of the molecule is NC(=NCc1ccccc1)NC1CC12CCCCC2. The quantitative estimate of drug-likeness (QED) is 0.646. The number of nitrogens with two attached hydrogens (primary N) is 1. The first-order chi connectivity index (χ1) is 9.28. The third kappa shape index (κ3) is 2.91. The van der Waals surface area contributed by atoms with E-state index in [0.29, 0.717) is 24.0 Å². The average Bonchev–Trinajstić information content (AvgIpc) is 3.10. The van der Waals surface area contributed by atoms with Gasteiger partial charge in [-0.15, -0.1) is 0 Å². The Kier molecular flexibility index (Phi) is 3.45. The molecule has 0 heterocycles. The molecule has 1 aromatic carbocycles. The molecule has 2 aliphatic carbocycles. The molecule has 0 aromatic heterocycles. The van der Waals surface area contributed by atoms with Crippen molar-refractivity contribution in [1.82, 2.24) is 5.32 Å². The monoisotopic (exact) mass is 257 g/mol. The first-order valence-electron chi connectivity index (χ1n) is 7.39. The Labute approximate surface area is 115 Å². The topological polar surface area (TPSA) is 50.4 Å². The summed E-state index contributed by atoms with van der Waals surface area (Å²) in [5.41, 5.74) is 7.76. The lowest BCUT2D eigenvalue weighted by molar-refractivity contribution is 0.321. The van der Waals surface area contributed by atoms with E-state index < -0.39 is 0 Å². The molecule has 19 heavy (non-hydrogen) atoms. The van der Waals surface area contributed by atoms with Gasteiger partial charge in [0.2, 0.25) is 0 Å². The van der Waals surface area contributed by atoms with E-state index in [9.17, 15) is 0 Å². The zero-order valence-corrected chi connectivity index (χ0v) is 11.4. The van der Waals surface area contributed by atoms with Crippen LogP contribution in [0.3, 0.4) is 0 Å². The second-order valence-electron chi connectivity index (χ2n) is 6.01. The van der Waals surface area contributed by atoms with Crippen LogP contribution >= 0.6 is 0 Å². The highest BCUT2D eigenvalue weighted by Gasteiger charge is 2.54. The zero-order valence-electron chi connectivity index (χ0n) is 11.4. The predicted molar refractivity (Wildman–Crippen MR) is 78.8 cm³/mol. The third-order valence-electron chi connectivity index (χ3n) is 4.64. The molecular formula is C16H23N3. The minimum Gasteiger partial charge on any atom is -0.370 e. The van der Waals surface area contributed by atoms with Gasteiger partial charge in [0.15, 0.2) is 5.96 Å². The van der Waals surface area contributed by atoms with Crippen LogP contribution in [0.5, 0.6) is 0 Å². The summed E-state index contributed by atoms with van der Waals surface area (Å²) >= 11 is 0. The molecular weight excluding hydrogens is 234 g/mol. The van der Waals surface area contributed by atoms with Crippen LogP contribution in [-0.2, 0) is 6.54 Å². The molecule has 1 unspecified atom stereocenters. The van der Waals surface area contributed by atoms with Crippen molar-refractivity contribution in [2.75, 3.05) is 0 Å². The molecule has 0 amide bonds. The summed E-state index contributed by atoms with van der Waals surface area (Å²) in [5, 5.41) is 3.41. The summed E-state index contributed by atoms with van der Waals surface area (Å²) in [6.07, 6.45) is 8.21. The number of nitrogens with zero attached hydrogens (tertiary/aromatic N) is 1. The lowest BCUT2D eigenvalue weighted by atomic mass is 9.86. The van der Waals surface area contributed by atoms with Crippen molar-refractivity contribution >= 4 is 5.96 Å². The maximum Gasteiger partial charge on any atom is 0.189 e. The molecule has 2 aliphatic rings. The maximum atomic E-state index is 5.99. The number of hydrogen-bond donors (Lipinski definition) is 2. The van der Waals surface area contributed by atoms with Gasteiger partial charge in [0, 0.05) is 6.04 Å². The van der Waals surface area contributed by atoms with Crippen LogP contribution in [0.15, 0.2) is 35.3 Å². The summed E-state index contributed by atoms with van der Waals surface area (Å²) in [4.78, 5) is 4.44. The van der Waals surface area contributed by atoms with Gasteiger partial charge in [-0.1, -0.05) is 49.6 Å². The van der Waals surface area contributed by atoms with Crippen molar-refractivity contribution < 1.29 is 0 Å². The van der Waals surface area contributed by atoms with E-state index in [4.69, 9.17) is 5.73 Å². The van der Waals surface area contributed by atoms with E-state index in [-0.39, 0.29) is 0 Å². The van der Waals surface area contributed by atoms with Crippen molar-refractivity contribution in [3.8, 4) is 0 Å². The van der Waals surface area contributed by atoms with Crippen molar-refractivity contribution in [3.05, 3.63) is 35.9 Å². The van der Waals surface area contributed by atoms with E-state index >= 15 is 0 Å². The van der Waals surface area contributed by atoms with Gasteiger partial charge in [-0.25, -0.2) is 4.99 Å². The van der Waals surface area contributed by atoms with Gasteiger partial charge < -0.3 is 11.1 Å². The van der Waals surface area contributed by atoms with Crippen molar-refractivity contribution in [1.29, 1.82) is 0 Å². The second-order valence-corrected chi connectivity index (χ2v) is 6.01. The first kappa shape index (κ1) is 12.5. The van der Waals surface area contributed by atoms with Gasteiger partial charge in [-0.3, -0.25) is 0 Å². The largest absolute Gasteiger partial charge is 0.370 e. The minimum absolute atomic E-state index is 0.561. The molecule has 102 valence electrons. The van der Waals surface area contributed by atoms with Gasteiger partial charge in [-0.05, 0) is 30.2 Å². The lowest BCUT2D eigenvalue weighted by Gasteiger charge is -2.22. The summed E-state index contributed by atoms with van der Waals surface area (Å²) in [6.45, 7) is 0.666. The Morgan fingerprint density at radius 3 is 2.68 bits per heavy atom. The Morgan fingerprint density at radius 1 is 1.21 bits per heavy atom. The summed E-state index contributed by atoms with van der Waals surface area (Å²) in [5.74, 6) is 0.608. The first-order valence-corrected chi connectivity index (χ1v) is 7.39. The average molecular weight is 257 g/mol. The van der Waals surface area contributed by atoms with Gasteiger partial charge >= 0.3 is 0 Å². The Bertz CT molecular complexity index is 446. The van der Waals surface area contributed by atoms with Crippen LogP contribution < -0.4 is 11.1 Å². The molecule has 3 heteroatoms. The Morgan fingerprint density at radius 2 is 1.95 bits per heavy atom. The summed E-state index contributed by atoms with van der Waals surface area (Å²) in [7, 11) is 0. The Hall–Kier alpha value is -1.51. The van der Waals surface area contributed by atoms with E-state index in [1.807, 2.05) is 18.2 Å². The number of rotatable bonds is 3. The van der Waals surface area contributed by atoms with Crippen LogP contribution in [0.4, 0.5) is 0 Å². The lowest BCUT2D eigenvalue weighted by Crippen LogP contribution is -2.36. The molecule has 3 nitrogen and oxygen atoms in total. The highest BCUT2D eigenvalue weighted by molar-refractivity contribution is 5.78. The van der Waals surface area contributed by atoms with Crippen LogP contribution in [-0.4, -0.2) is 12.0 Å². The molecule has 0 saturated heterocycles. The fourth-order valence-electron chi connectivity index (χ4n) is 3.34. The van der Waals surface area contributed by atoms with E-state index in [1.54, 1.807) is 0 Å². The normalized spacial score (nSPS) is 25.3. The number of aliphatic imine (C=N–C) groups is 1. The number of guanidine groups is 1. The van der Waals surface area contributed by atoms with Gasteiger partial charge in [0.1, 0.15) is 0 Å². The fraction of sp³-hybridized carbons (Fsp3) is 0.562. The minimum atomic E-state index is 0.561. The molecule has 3 N–H and O–H groups in total. The predicted octanol–water partition coefficient (Wildman–Crippen LogP) is 2.81. The number of nitrogens with one attached hydrogen (secondary N) is 1. The van der Waals surface area contributed by atoms with Crippen molar-refractivity contribution in [2.24, 2.45) is 16.1 Å². The van der Waals surface area contributed by atoms with Crippen LogP contribution in [0, 0.1) is 5.41 Å². The molecule has 2 fully saturated rings. The molecule has 0 bridgehead atoms. The molecule has 0 aliphatic heterocycles. The standard InChI is InChI=1S/C16H23N3/c17-15(18-12-13-7-3-1-4-8-13)19-14-11-16(14)9-5-2-6-10-16/h1,3-4,7-8,14H,2,5-6,9-12H2,(H3,17,18,19). The van der Waals surface area contributed by atoms with Crippen LogP contribution in [0.2, 0.25) is 0 Å². The summed E-state index contributed by atoms with van der Waals surface area (Å²) < 4.78 is 0. The van der Waals surface area contributed by atoms with Gasteiger partial charge in [-0.2, -0.15) is 0 Å². The summed E-state index contributed by atoms with van der Waals surface area (Å²) in [6, 6.07) is 10.8. The van der Waals surface area contributed by atoms with Crippen LogP contribution in [0.1, 0.15) is 44.1 Å². The molecule has 1 spiro atoms.